The van der Waals surface area contributed by atoms with Crippen LogP contribution < -0.4 is 0 Å². The standard InChI is InChI=1S/C11H19NO4/c1-2-16-10(13)6-8-12-7-4-3-5-9(12)11(14)15/h9H,2-8H2,1H3,(H,14,15). The Bertz CT molecular complexity index is 254. The molecule has 0 aromatic carbocycles. The van der Waals surface area contributed by atoms with E-state index in [2.05, 4.69) is 0 Å². The summed E-state index contributed by atoms with van der Waals surface area (Å²) in [7, 11) is 0. The van der Waals surface area contributed by atoms with Crippen LogP contribution in [0.3, 0.4) is 0 Å². The number of hydrogen-bond donors (Lipinski definition) is 1. The Labute approximate surface area is 95.4 Å². The van der Waals surface area contributed by atoms with E-state index in [-0.39, 0.29) is 12.4 Å². The highest BCUT2D eigenvalue weighted by atomic mass is 16.5. The van der Waals surface area contributed by atoms with Gasteiger partial charge in [0, 0.05) is 6.54 Å². The molecule has 1 rings (SSSR count). The van der Waals surface area contributed by atoms with Crippen LogP contribution in [0.1, 0.15) is 32.6 Å². The van der Waals surface area contributed by atoms with Crippen LogP contribution >= 0.6 is 0 Å². The van der Waals surface area contributed by atoms with Crippen LogP contribution in [-0.4, -0.2) is 47.7 Å². The molecule has 0 spiro atoms. The predicted octanol–water partition coefficient (Wildman–Crippen LogP) is 0.879. The van der Waals surface area contributed by atoms with Gasteiger partial charge in [0.2, 0.25) is 0 Å². The number of nitrogens with zero attached hydrogens (tertiary/aromatic N) is 1. The Morgan fingerprint density at radius 3 is 2.81 bits per heavy atom. The summed E-state index contributed by atoms with van der Waals surface area (Å²) in [5, 5.41) is 9.02. The van der Waals surface area contributed by atoms with E-state index in [9.17, 15) is 9.59 Å². The first-order chi connectivity index (χ1) is 7.65. The predicted molar refractivity (Wildman–Crippen MR) is 58.1 cm³/mol. The van der Waals surface area contributed by atoms with Crippen molar-refractivity contribution in [3.63, 3.8) is 0 Å². The van der Waals surface area contributed by atoms with Gasteiger partial charge >= 0.3 is 11.9 Å². The van der Waals surface area contributed by atoms with E-state index in [0.29, 0.717) is 19.6 Å². The molecule has 1 saturated heterocycles. The molecule has 5 heteroatoms. The number of rotatable bonds is 5. The molecule has 0 radical (unpaired) electrons. The van der Waals surface area contributed by atoms with E-state index in [1.54, 1.807) is 6.92 Å². The topological polar surface area (TPSA) is 66.8 Å². The first-order valence-corrected chi connectivity index (χ1v) is 5.77. The van der Waals surface area contributed by atoms with Crippen molar-refractivity contribution in [3.8, 4) is 0 Å². The number of aliphatic carboxylic acids is 1. The van der Waals surface area contributed by atoms with Gasteiger partial charge in [0.1, 0.15) is 6.04 Å². The second kappa shape index (κ2) is 6.48. The second-order valence-corrected chi connectivity index (χ2v) is 3.94. The van der Waals surface area contributed by atoms with Gasteiger partial charge in [-0.2, -0.15) is 0 Å². The van der Waals surface area contributed by atoms with Gasteiger partial charge in [0.15, 0.2) is 0 Å². The Balaban J connectivity index is 2.38. The number of carboxylic acid groups (broad SMARTS) is 1. The molecule has 0 bridgehead atoms. The molecule has 1 aliphatic rings. The van der Waals surface area contributed by atoms with Gasteiger partial charge in [-0.1, -0.05) is 6.42 Å². The Morgan fingerprint density at radius 2 is 2.19 bits per heavy atom. The van der Waals surface area contributed by atoms with Crippen LogP contribution in [0, 0.1) is 0 Å². The molecule has 92 valence electrons. The van der Waals surface area contributed by atoms with Crippen molar-refractivity contribution in [3.05, 3.63) is 0 Å². The van der Waals surface area contributed by atoms with Crippen LogP contribution in [-0.2, 0) is 14.3 Å². The quantitative estimate of drug-likeness (QED) is 0.709. The lowest BCUT2D eigenvalue weighted by molar-refractivity contribution is -0.148. The molecule has 0 aromatic heterocycles. The first kappa shape index (κ1) is 13.0. The zero-order valence-electron chi connectivity index (χ0n) is 9.65. The summed E-state index contributed by atoms with van der Waals surface area (Å²) >= 11 is 0. The molecule has 1 fully saturated rings. The van der Waals surface area contributed by atoms with Crippen molar-refractivity contribution < 1.29 is 19.4 Å². The summed E-state index contributed by atoms with van der Waals surface area (Å²) < 4.78 is 4.82. The molecule has 1 unspecified atom stereocenters. The monoisotopic (exact) mass is 229 g/mol. The highest BCUT2D eigenvalue weighted by Gasteiger charge is 2.28. The lowest BCUT2D eigenvalue weighted by Crippen LogP contribution is -2.45. The molecule has 1 aliphatic heterocycles. The average molecular weight is 229 g/mol. The highest BCUT2D eigenvalue weighted by Crippen LogP contribution is 2.17. The molecule has 0 aliphatic carbocycles. The van der Waals surface area contributed by atoms with E-state index in [1.807, 2.05) is 4.90 Å². The lowest BCUT2D eigenvalue weighted by Gasteiger charge is -2.32. The molecule has 1 atom stereocenters. The van der Waals surface area contributed by atoms with E-state index >= 15 is 0 Å². The number of likely N-dealkylation sites (tertiary alicyclic amines) is 1. The van der Waals surface area contributed by atoms with Crippen molar-refractivity contribution >= 4 is 11.9 Å². The summed E-state index contributed by atoms with van der Waals surface area (Å²) in [6, 6.07) is -0.428. The molecule has 1 heterocycles. The van der Waals surface area contributed by atoms with Crippen molar-refractivity contribution in [2.24, 2.45) is 0 Å². The molecule has 1 N–H and O–H groups in total. The maximum absolute atomic E-state index is 11.2. The third-order valence-electron chi connectivity index (χ3n) is 2.81. The lowest BCUT2D eigenvalue weighted by atomic mass is 10.0. The van der Waals surface area contributed by atoms with Gasteiger partial charge in [-0.25, -0.2) is 0 Å². The molecule has 0 amide bonds. The van der Waals surface area contributed by atoms with Gasteiger partial charge in [0.05, 0.1) is 13.0 Å². The molecule has 16 heavy (non-hydrogen) atoms. The van der Waals surface area contributed by atoms with E-state index in [0.717, 1.165) is 19.4 Å². The average Bonchev–Trinajstić information content (AvgIpc) is 2.27. The SMILES string of the molecule is CCOC(=O)CCN1CCCCC1C(=O)O. The largest absolute Gasteiger partial charge is 0.480 e. The van der Waals surface area contributed by atoms with Crippen molar-refractivity contribution in [2.75, 3.05) is 19.7 Å². The minimum absolute atomic E-state index is 0.253. The van der Waals surface area contributed by atoms with Crippen LogP contribution in [0.4, 0.5) is 0 Å². The number of piperidine rings is 1. The zero-order chi connectivity index (χ0) is 12.0. The Morgan fingerprint density at radius 1 is 1.44 bits per heavy atom. The third kappa shape index (κ3) is 3.81. The smallest absolute Gasteiger partial charge is 0.320 e. The van der Waals surface area contributed by atoms with E-state index in [1.165, 1.54) is 0 Å². The van der Waals surface area contributed by atoms with E-state index < -0.39 is 12.0 Å². The highest BCUT2D eigenvalue weighted by molar-refractivity contribution is 5.74. The van der Waals surface area contributed by atoms with Crippen LogP contribution in [0.2, 0.25) is 0 Å². The van der Waals surface area contributed by atoms with Gasteiger partial charge in [0.25, 0.3) is 0 Å². The van der Waals surface area contributed by atoms with E-state index in [4.69, 9.17) is 9.84 Å². The maximum atomic E-state index is 11.2. The third-order valence-corrected chi connectivity index (χ3v) is 2.81. The van der Waals surface area contributed by atoms with Crippen LogP contribution in [0.25, 0.3) is 0 Å². The zero-order valence-corrected chi connectivity index (χ0v) is 9.65. The Hall–Kier alpha value is -1.10. The number of carbonyl (C=O) groups excluding carboxylic acids is 1. The number of hydrogen-bond acceptors (Lipinski definition) is 4. The fourth-order valence-electron chi connectivity index (χ4n) is 2.01. The number of carbonyl (C=O) groups is 2. The van der Waals surface area contributed by atoms with Gasteiger partial charge in [-0.15, -0.1) is 0 Å². The number of carboxylic acids is 1. The molecule has 0 saturated carbocycles. The maximum Gasteiger partial charge on any atom is 0.320 e. The minimum Gasteiger partial charge on any atom is -0.480 e. The summed E-state index contributed by atoms with van der Waals surface area (Å²) in [5.74, 6) is -1.04. The Kier molecular flexibility index (Phi) is 5.25. The second-order valence-electron chi connectivity index (χ2n) is 3.94. The summed E-state index contributed by atoms with van der Waals surface area (Å²) in [6.07, 6.45) is 2.91. The van der Waals surface area contributed by atoms with Gasteiger partial charge in [-0.05, 0) is 26.3 Å². The fourth-order valence-corrected chi connectivity index (χ4v) is 2.01. The number of esters is 1. The van der Waals surface area contributed by atoms with Crippen LogP contribution in [0.5, 0.6) is 0 Å². The summed E-state index contributed by atoms with van der Waals surface area (Å²) in [6.45, 7) is 3.38. The summed E-state index contributed by atoms with van der Waals surface area (Å²) in [5.41, 5.74) is 0. The van der Waals surface area contributed by atoms with Crippen LogP contribution in [0.15, 0.2) is 0 Å². The molecular formula is C11H19NO4. The normalized spacial score (nSPS) is 21.7. The van der Waals surface area contributed by atoms with Crippen molar-refractivity contribution in [1.29, 1.82) is 0 Å². The molecular weight excluding hydrogens is 210 g/mol. The van der Waals surface area contributed by atoms with Crippen molar-refractivity contribution in [2.45, 2.75) is 38.6 Å². The number of ether oxygens (including phenoxy) is 1. The molecule has 5 nitrogen and oxygen atoms in total. The summed E-state index contributed by atoms with van der Waals surface area (Å²) in [4.78, 5) is 24.0. The van der Waals surface area contributed by atoms with Gasteiger partial charge < -0.3 is 9.84 Å². The fraction of sp³-hybridized carbons (Fsp3) is 0.818. The minimum atomic E-state index is -0.788. The first-order valence-electron chi connectivity index (χ1n) is 5.77. The molecule has 0 aromatic rings. The van der Waals surface area contributed by atoms with Gasteiger partial charge in [-0.3, -0.25) is 14.5 Å². The van der Waals surface area contributed by atoms with Crippen molar-refractivity contribution in [1.82, 2.24) is 4.90 Å².